The van der Waals surface area contributed by atoms with Crippen molar-refractivity contribution in [3.05, 3.63) is 36.4 Å². The second-order valence-electron chi connectivity index (χ2n) is 5.01. The zero-order valence-corrected chi connectivity index (χ0v) is 12.0. The maximum absolute atomic E-state index is 13.9. The van der Waals surface area contributed by atoms with E-state index in [-0.39, 0.29) is 18.2 Å². The van der Waals surface area contributed by atoms with E-state index in [0.29, 0.717) is 23.7 Å². The fraction of sp³-hybridized carbons (Fsp3) is 0.400. The lowest BCUT2D eigenvalue weighted by Gasteiger charge is -2.22. The molecule has 1 aliphatic rings. The molecule has 1 saturated heterocycles. The molecule has 0 amide bonds. The molecule has 1 N–H and O–H groups in total. The van der Waals surface area contributed by atoms with Crippen molar-refractivity contribution in [3.63, 3.8) is 0 Å². The van der Waals surface area contributed by atoms with Crippen LogP contribution in [0.25, 0.3) is 10.8 Å². The van der Waals surface area contributed by atoms with Crippen LogP contribution in [0, 0.1) is 11.7 Å². The Labute approximate surface area is 123 Å². The Morgan fingerprint density at radius 2 is 2.10 bits per heavy atom. The molecule has 2 aromatic rings. The quantitative estimate of drug-likeness (QED) is 0.944. The van der Waals surface area contributed by atoms with Gasteiger partial charge in [0.25, 0.3) is 0 Å². The minimum atomic E-state index is -0.272. The first kappa shape index (κ1) is 15.0. The number of nitrogens with one attached hydrogen (secondary N) is 1. The number of halogens is 2. The number of ether oxygens (including phenoxy) is 1. The van der Waals surface area contributed by atoms with Gasteiger partial charge in [-0.3, -0.25) is 4.98 Å². The average Bonchev–Trinajstić information content (AvgIpc) is 2.46. The summed E-state index contributed by atoms with van der Waals surface area (Å²) in [7, 11) is 0. The lowest BCUT2D eigenvalue weighted by molar-refractivity contribution is 0.215. The normalized spacial score (nSPS) is 15.8. The highest BCUT2D eigenvalue weighted by Crippen LogP contribution is 2.24. The second kappa shape index (κ2) is 6.86. The second-order valence-corrected chi connectivity index (χ2v) is 5.01. The zero-order chi connectivity index (χ0) is 13.1. The first-order valence-electron chi connectivity index (χ1n) is 6.70. The third-order valence-corrected chi connectivity index (χ3v) is 3.62. The Balaban J connectivity index is 0.00000147. The van der Waals surface area contributed by atoms with E-state index < -0.39 is 0 Å². The maximum Gasteiger partial charge on any atom is 0.136 e. The van der Waals surface area contributed by atoms with Crippen molar-refractivity contribution in [3.8, 4) is 5.75 Å². The van der Waals surface area contributed by atoms with E-state index in [4.69, 9.17) is 4.74 Å². The van der Waals surface area contributed by atoms with E-state index in [1.54, 1.807) is 18.5 Å². The number of fused-ring (bicyclic) bond motifs is 1. The van der Waals surface area contributed by atoms with Crippen molar-refractivity contribution in [2.45, 2.75) is 12.8 Å². The average molecular weight is 297 g/mol. The number of benzene rings is 1. The van der Waals surface area contributed by atoms with Crippen molar-refractivity contribution in [1.82, 2.24) is 10.3 Å². The number of piperidine rings is 1. The van der Waals surface area contributed by atoms with Gasteiger partial charge in [0.05, 0.1) is 6.61 Å². The van der Waals surface area contributed by atoms with Gasteiger partial charge in [0.1, 0.15) is 11.6 Å². The zero-order valence-electron chi connectivity index (χ0n) is 11.1. The van der Waals surface area contributed by atoms with Crippen LogP contribution in [0.3, 0.4) is 0 Å². The summed E-state index contributed by atoms with van der Waals surface area (Å²) in [6.07, 6.45) is 5.46. The van der Waals surface area contributed by atoms with Crippen molar-refractivity contribution in [2.24, 2.45) is 5.92 Å². The van der Waals surface area contributed by atoms with Gasteiger partial charge in [-0.1, -0.05) is 0 Å². The molecular weight excluding hydrogens is 279 g/mol. The molecule has 5 heteroatoms. The highest BCUT2D eigenvalue weighted by atomic mass is 35.5. The van der Waals surface area contributed by atoms with Gasteiger partial charge in [-0.05, 0) is 49.4 Å². The van der Waals surface area contributed by atoms with Crippen LogP contribution >= 0.6 is 12.4 Å². The molecule has 0 bridgehead atoms. The highest BCUT2D eigenvalue weighted by Gasteiger charge is 2.14. The number of aromatic nitrogens is 1. The molecule has 20 heavy (non-hydrogen) atoms. The number of hydrogen-bond acceptors (Lipinski definition) is 3. The molecule has 108 valence electrons. The minimum absolute atomic E-state index is 0. The number of pyridine rings is 1. The van der Waals surface area contributed by atoms with Crippen LogP contribution in [0.4, 0.5) is 4.39 Å². The summed E-state index contributed by atoms with van der Waals surface area (Å²) in [5, 5.41) is 4.69. The fourth-order valence-electron chi connectivity index (χ4n) is 2.47. The van der Waals surface area contributed by atoms with Gasteiger partial charge in [0.2, 0.25) is 0 Å². The largest absolute Gasteiger partial charge is 0.493 e. The molecule has 2 heterocycles. The van der Waals surface area contributed by atoms with Gasteiger partial charge < -0.3 is 10.1 Å². The van der Waals surface area contributed by atoms with Gasteiger partial charge in [0.15, 0.2) is 0 Å². The van der Waals surface area contributed by atoms with Gasteiger partial charge in [0, 0.05) is 23.8 Å². The molecule has 3 rings (SSSR count). The number of hydrogen-bond donors (Lipinski definition) is 1. The third-order valence-electron chi connectivity index (χ3n) is 3.62. The molecule has 0 spiro atoms. The smallest absolute Gasteiger partial charge is 0.136 e. The summed E-state index contributed by atoms with van der Waals surface area (Å²) in [6.45, 7) is 2.76. The van der Waals surface area contributed by atoms with Crippen molar-refractivity contribution in [1.29, 1.82) is 0 Å². The van der Waals surface area contributed by atoms with Gasteiger partial charge in [-0.15, -0.1) is 12.4 Å². The van der Waals surface area contributed by atoms with Crippen LogP contribution in [-0.4, -0.2) is 24.7 Å². The fourth-order valence-corrected chi connectivity index (χ4v) is 2.47. The molecule has 0 radical (unpaired) electrons. The molecule has 0 saturated carbocycles. The topological polar surface area (TPSA) is 34.1 Å². The van der Waals surface area contributed by atoms with Crippen LogP contribution < -0.4 is 10.1 Å². The molecule has 1 fully saturated rings. The molecule has 0 aliphatic carbocycles. The Morgan fingerprint density at radius 3 is 2.90 bits per heavy atom. The summed E-state index contributed by atoms with van der Waals surface area (Å²) < 4.78 is 19.6. The molecule has 0 unspecified atom stereocenters. The molecule has 1 aromatic carbocycles. The summed E-state index contributed by atoms with van der Waals surface area (Å²) in [5.74, 6) is 0.901. The van der Waals surface area contributed by atoms with Gasteiger partial charge in [-0.2, -0.15) is 0 Å². The van der Waals surface area contributed by atoms with Crippen LogP contribution in [0.1, 0.15) is 12.8 Å². The van der Waals surface area contributed by atoms with E-state index in [2.05, 4.69) is 10.3 Å². The Morgan fingerprint density at radius 1 is 1.30 bits per heavy atom. The summed E-state index contributed by atoms with van der Waals surface area (Å²) in [5.41, 5.74) is 0. The maximum atomic E-state index is 13.9. The van der Waals surface area contributed by atoms with Crippen LogP contribution in [0.2, 0.25) is 0 Å². The van der Waals surface area contributed by atoms with E-state index in [0.717, 1.165) is 31.3 Å². The molecule has 1 aliphatic heterocycles. The van der Waals surface area contributed by atoms with Crippen LogP contribution in [0.5, 0.6) is 5.75 Å². The van der Waals surface area contributed by atoms with E-state index in [9.17, 15) is 4.39 Å². The van der Waals surface area contributed by atoms with Crippen molar-refractivity contribution >= 4 is 23.2 Å². The molecule has 3 nitrogen and oxygen atoms in total. The SMILES string of the molecule is Cl.Fc1cc(OCC2CCNCC2)cc2ccncc12. The lowest BCUT2D eigenvalue weighted by atomic mass is 9.99. The highest BCUT2D eigenvalue weighted by molar-refractivity contribution is 5.85. The molecule has 1 aromatic heterocycles. The lowest BCUT2D eigenvalue weighted by Crippen LogP contribution is -2.30. The Hall–Kier alpha value is -1.39. The summed E-state index contributed by atoms with van der Waals surface area (Å²) in [6, 6.07) is 5.13. The predicted molar refractivity (Wildman–Crippen MR) is 80.0 cm³/mol. The first-order chi connectivity index (χ1) is 9.33. The third kappa shape index (κ3) is 3.38. The first-order valence-corrected chi connectivity index (χ1v) is 6.70. The molecular formula is C15H18ClFN2O. The van der Waals surface area contributed by atoms with Gasteiger partial charge >= 0.3 is 0 Å². The van der Waals surface area contributed by atoms with Gasteiger partial charge in [-0.25, -0.2) is 4.39 Å². The Kier molecular flexibility index (Phi) is 5.15. The van der Waals surface area contributed by atoms with E-state index >= 15 is 0 Å². The standard InChI is InChI=1S/C15H17FN2O.ClH/c16-15-8-13(7-12-3-6-18-9-14(12)15)19-10-11-1-4-17-5-2-11;/h3,6-9,11,17H,1-2,4-5,10H2;1H. The molecule has 0 atom stereocenters. The van der Waals surface area contributed by atoms with E-state index in [1.807, 2.05) is 6.07 Å². The monoisotopic (exact) mass is 296 g/mol. The van der Waals surface area contributed by atoms with Crippen molar-refractivity contribution in [2.75, 3.05) is 19.7 Å². The van der Waals surface area contributed by atoms with E-state index in [1.165, 1.54) is 6.07 Å². The minimum Gasteiger partial charge on any atom is -0.493 e. The van der Waals surface area contributed by atoms with Crippen LogP contribution in [-0.2, 0) is 0 Å². The Bertz CT molecular complexity index is 573. The number of nitrogens with zero attached hydrogens (tertiary/aromatic N) is 1. The summed E-state index contributed by atoms with van der Waals surface area (Å²) >= 11 is 0. The number of rotatable bonds is 3. The van der Waals surface area contributed by atoms with Crippen molar-refractivity contribution < 1.29 is 9.13 Å². The van der Waals surface area contributed by atoms with Crippen LogP contribution in [0.15, 0.2) is 30.6 Å². The summed E-state index contributed by atoms with van der Waals surface area (Å²) in [4.78, 5) is 3.94. The predicted octanol–water partition coefficient (Wildman–Crippen LogP) is 3.17.